The summed E-state index contributed by atoms with van der Waals surface area (Å²) in [6.45, 7) is 1.61. The van der Waals surface area contributed by atoms with Crippen molar-refractivity contribution in [3.63, 3.8) is 0 Å². The maximum atomic E-state index is 12.3. The lowest BCUT2D eigenvalue weighted by molar-refractivity contribution is -0.140. The Morgan fingerprint density at radius 3 is 2.71 bits per heavy atom. The quantitative estimate of drug-likeness (QED) is 0.850. The molecule has 0 spiro atoms. The molecule has 1 saturated carbocycles. The Hall–Kier alpha value is -1.82. The molecule has 1 aromatic carbocycles. The van der Waals surface area contributed by atoms with Crippen LogP contribution in [-0.4, -0.2) is 42.1 Å². The van der Waals surface area contributed by atoms with Gasteiger partial charge >= 0.3 is 0 Å². The van der Waals surface area contributed by atoms with Crippen LogP contribution in [0.2, 0.25) is 0 Å². The molecule has 4 rings (SSSR count). The van der Waals surface area contributed by atoms with Crippen molar-refractivity contribution in [3.8, 4) is 10.9 Å². The van der Waals surface area contributed by atoms with Gasteiger partial charge < -0.3 is 14.4 Å². The number of methoxy groups -OCH3 is 1. The highest BCUT2D eigenvalue weighted by Crippen LogP contribution is 2.33. The van der Waals surface area contributed by atoms with Gasteiger partial charge in [-0.15, -0.1) is 0 Å². The average molecular weight is 346 g/mol. The molecule has 24 heavy (non-hydrogen) atoms. The van der Waals surface area contributed by atoms with Crippen LogP contribution >= 0.6 is 11.3 Å². The number of aromatic nitrogens is 1. The number of ether oxygens (including phenoxy) is 2. The van der Waals surface area contributed by atoms with Crippen molar-refractivity contribution in [2.75, 3.05) is 20.2 Å². The first kappa shape index (κ1) is 15.7. The summed E-state index contributed by atoms with van der Waals surface area (Å²) in [5.41, 5.74) is 0.909. The van der Waals surface area contributed by atoms with Crippen molar-refractivity contribution in [1.82, 2.24) is 9.88 Å². The average Bonchev–Trinajstić information content (AvgIpc) is 2.95. The summed E-state index contributed by atoms with van der Waals surface area (Å²) in [6.07, 6.45) is 5.28. The van der Waals surface area contributed by atoms with Crippen molar-refractivity contribution in [3.05, 3.63) is 18.2 Å². The van der Waals surface area contributed by atoms with Gasteiger partial charge in [-0.1, -0.05) is 17.8 Å². The number of nitrogens with zero attached hydrogens (tertiary/aromatic N) is 2. The monoisotopic (exact) mass is 346 g/mol. The van der Waals surface area contributed by atoms with Gasteiger partial charge in [0.1, 0.15) is 11.9 Å². The van der Waals surface area contributed by atoms with Crippen LogP contribution in [-0.2, 0) is 4.79 Å². The first-order valence-corrected chi connectivity index (χ1v) is 9.44. The van der Waals surface area contributed by atoms with Crippen LogP contribution in [0, 0.1) is 5.92 Å². The lowest BCUT2D eigenvalue weighted by Gasteiger charge is -2.36. The summed E-state index contributed by atoms with van der Waals surface area (Å²) in [4.78, 5) is 18.9. The van der Waals surface area contributed by atoms with E-state index in [2.05, 4.69) is 4.98 Å². The number of rotatable bonds is 4. The summed E-state index contributed by atoms with van der Waals surface area (Å²) in [7, 11) is 1.66. The molecule has 1 aliphatic carbocycles. The first-order chi connectivity index (χ1) is 11.7. The fraction of sp³-hybridized carbons (Fsp3) is 0.556. The maximum Gasteiger partial charge on any atom is 0.274 e. The number of hydrogen-bond donors (Lipinski definition) is 0. The van der Waals surface area contributed by atoms with E-state index in [0.717, 1.165) is 54.7 Å². The molecule has 1 amide bonds. The largest absolute Gasteiger partial charge is 0.497 e. The van der Waals surface area contributed by atoms with Crippen molar-refractivity contribution in [2.24, 2.45) is 5.92 Å². The van der Waals surface area contributed by atoms with E-state index < -0.39 is 0 Å². The Bertz CT molecular complexity index is 733. The predicted octanol–water partition coefficient (Wildman–Crippen LogP) is 3.47. The number of likely N-dealkylation sites (tertiary alicyclic amines) is 1. The van der Waals surface area contributed by atoms with Gasteiger partial charge in [0.2, 0.25) is 5.91 Å². The Labute approximate surface area is 145 Å². The fourth-order valence-electron chi connectivity index (χ4n) is 3.31. The van der Waals surface area contributed by atoms with Crippen molar-refractivity contribution < 1.29 is 14.3 Å². The number of piperidine rings is 1. The summed E-state index contributed by atoms with van der Waals surface area (Å²) >= 11 is 1.57. The molecule has 0 bridgehead atoms. The van der Waals surface area contributed by atoms with E-state index in [1.54, 1.807) is 18.4 Å². The molecule has 0 atom stereocenters. The van der Waals surface area contributed by atoms with E-state index in [4.69, 9.17) is 9.47 Å². The second kappa shape index (κ2) is 6.59. The number of carbonyl (C=O) groups excluding carboxylic acids is 1. The van der Waals surface area contributed by atoms with Gasteiger partial charge in [0.15, 0.2) is 0 Å². The minimum atomic E-state index is 0.151. The number of benzene rings is 1. The minimum absolute atomic E-state index is 0.151. The zero-order valence-electron chi connectivity index (χ0n) is 13.9. The van der Waals surface area contributed by atoms with E-state index in [1.165, 1.54) is 6.42 Å². The zero-order chi connectivity index (χ0) is 16.5. The highest BCUT2D eigenvalue weighted by Gasteiger charge is 2.32. The summed E-state index contributed by atoms with van der Waals surface area (Å²) in [5.74, 6) is 1.45. The minimum Gasteiger partial charge on any atom is -0.497 e. The molecule has 1 saturated heterocycles. The Morgan fingerprint density at radius 2 is 2.04 bits per heavy atom. The third-order valence-electron chi connectivity index (χ3n) is 5.05. The van der Waals surface area contributed by atoms with Gasteiger partial charge in [-0.2, -0.15) is 0 Å². The van der Waals surface area contributed by atoms with Crippen LogP contribution in [0.15, 0.2) is 18.2 Å². The van der Waals surface area contributed by atoms with Gasteiger partial charge in [0.25, 0.3) is 5.19 Å². The molecular weight excluding hydrogens is 324 g/mol. The zero-order valence-corrected chi connectivity index (χ0v) is 14.7. The summed E-state index contributed by atoms with van der Waals surface area (Å²) < 4.78 is 12.4. The molecule has 6 heteroatoms. The van der Waals surface area contributed by atoms with Gasteiger partial charge in [-0.25, -0.2) is 4.98 Å². The van der Waals surface area contributed by atoms with Gasteiger partial charge in [0.05, 0.1) is 17.3 Å². The van der Waals surface area contributed by atoms with Crippen molar-refractivity contribution in [1.29, 1.82) is 0 Å². The molecular formula is C18H22N2O3S. The second-order valence-electron chi connectivity index (χ2n) is 6.58. The third-order valence-corrected chi connectivity index (χ3v) is 5.98. The molecule has 5 nitrogen and oxygen atoms in total. The van der Waals surface area contributed by atoms with Crippen molar-refractivity contribution in [2.45, 2.75) is 38.2 Å². The Balaban J connectivity index is 1.35. The fourth-order valence-corrected chi connectivity index (χ4v) is 4.18. The van der Waals surface area contributed by atoms with Crippen LogP contribution in [0.3, 0.4) is 0 Å². The van der Waals surface area contributed by atoms with Crippen LogP contribution < -0.4 is 9.47 Å². The first-order valence-electron chi connectivity index (χ1n) is 8.63. The van der Waals surface area contributed by atoms with E-state index in [9.17, 15) is 4.79 Å². The molecule has 0 radical (unpaired) electrons. The Morgan fingerprint density at radius 1 is 1.25 bits per heavy atom. The molecule has 2 aliphatic rings. The molecule has 0 N–H and O–H groups in total. The predicted molar refractivity (Wildman–Crippen MR) is 93.7 cm³/mol. The smallest absolute Gasteiger partial charge is 0.274 e. The topological polar surface area (TPSA) is 51.7 Å². The Kier molecular flexibility index (Phi) is 4.31. The maximum absolute atomic E-state index is 12.3. The molecule has 2 aromatic rings. The van der Waals surface area contributed by atoms with E-state index in [-0.39, 0.29) is 6.10 Å². The van der Waals surface area contributed by atoms with E-state index >= 15 is 0 Å². The third kappa shape index (κ3) is 3.07. The lowest BCUT2D eigenvalue weighted by atomic mass is 9.84. The number of amides is 1. The number of carbonyl (C=O) groups is 1. The number of fused-ring (bicyclic) bond motifs is 1. The summed E-state index contributed by atoms with van der Waals surface area (Å²) in [6, 6.07) is 5.88. The highest BCUT2D eigenvalue weighted by atomic mass is 32.1. The highest BCUT2D eigenvalue weighted by molar-refractivity contribution is 7.20. The van der Waals surface area contributed by atoms with E-state index in [0.29, 0.717) is 17.0 Å². The van der Waals surface area contributed by atoms with Crippen LogP contribution in [0.25, 0.3) is 10.2 Å². The number of hydrogen-bond acceptors (Lipinski definition) is 5. The number of thiazole rings is 1. The van der Waals surface area contributed by atoms with Gasteiger partial charge in [0, 0.05) is 37.9 Å². The van der Waals surface area contributed by atoms with Crippen LogP contribution in [0.5, 0.6) is 10.9 Å². The molecule has 1 aromatic heterocycles. The second-order valence-corrected chi connectivity index (χ2v) is 7.58. The normalized spacial score (nSPS) is 19.3. The SMILES string of the molecule is COc1ccc2sc(OC3CCN(C(=O)C4CCC4)CC3)nc2c1. The summed E-state index contributed by atoms with van der Waals surface area (Å²) in [5, 5.41) is 0.710. The standard InChI is InChI=1S/C18H22N2O3S/c1-22-14-5-6-16-15(11-14)19-18(24-16)23-13-7-9-20(10-8-13)17(21)12-3-2-4-12/h5-6,11-13H,2-4,7-10H2,1H3. The van der Waals surface area contributed by atoms with Crippen LogP contribution in [0.4, 0.5) is 0 Å². The molecule has 2 fully saturated rings. The molecule has 128 valence electrons. The molecule has 2 heterocycles. The van der Waals surface area contributed by atoms with Crippen molar-refractivity contribution >= 4 is 27.5 Å². The van der Waals surface area contributed by atoms with Gasteiger partial charge in [-0.3, -0.25) is 4.79 Å². The molecule has 0 unspecified atom stereocenters. The van der Waals surface area contributed by atoms with Crippen LogP contribution in [0.1, 0.15) is 32.1 Å². The van der Waals surface area contributed by atoms with E-state index in [1.807, 2.05) is 23.1 Å². The molecule has 1 aliphatic heterocycles. The lowest BCUT2D eigenvalue weighted by Crippen LogP contribution is -2.45. The van der Waals surface area contributed by atoms with Gasteiger partial charge in [-0.05, 0) is 25.0 Å².